The summed E-state index contributed by atoms with van der Waals surface area (Å²) in [5.74, 6) is 0.825. The lowest BCUT2D eigenvalue weighted by atomic mass is 10.0. The van der Waals surface area contributed by atoms with E-state index in [2.05, 4.69) is 34.6 Å². The number of rotatable bonds is 3. The van der Waals surface area contributed by atoms with Gasteiger partial charge in [0.25, 0.3) is 0 Å². The molecule has 0 saturated carbocycles. The summed E-state index contributed by atoms with van der Waals surface area (Å²) in [4.78, 5) is 4.27. The van der Waals surface area contributed by atoms with Crippen LogP contribution in [0.1, 0.15) is 25.0 Å². The largest absolute Gasteiger partial charge is 0.489 e. The molecule has 0 unspecified atom stereocenters. The number of aromatic nitrogens is 1. The van der Waals surface area contributed by atoms with Crippen molar-refractivity contribution in [3.8, 4) is 16.9 Å². The van der Waals surface area contributed by atoms with E-state index in [0.717, 1.165) is 24.4 Å². The van der Waals surface area contributed by atoms with Crippen molar-refractivity contribution in [1.29, 1.82) is 0 Å². The van der Waals surface area contributed by atoms with Gasteiger partial charge in [0.1, 0.15) is 5.75 Å². The SMILES string of the molecule is CC(C)Oc1cncc(-c2ccc3c(c2)CNC3)c1. The van der Waals surface area contributed by atoms with Crippen molar-refractivity contribution in [2.24, 2.45) is 0 Å². The van der Waals surface area contributed by atoms with Crippen LogP contribution in [0.4, 0.5) is 0 Å². The molecule has 98 valence electrons. The van der Waals surface area contributed by atoms with Crippen molar-refractivity contribution < 1.29 is 4.74 Å². The second-order valence-corrected chi connectivity index (χ2v) is 5.16. The van der Waals surface area contributed by atoms with E-state index in [1.165, 1.54) is 16.7 Å². The molecule has 3 heteroatoms. The number of ether oxygens (including phenoxy) is 1. The fourth-order valence-corrected chi connectivity index (χ4v) is 2.39. The van der Waals surface area contributed by atoms with Crippen LogP contribution in [-0.4, -0.2) is 11.1 Å². The van der Waals surface area contributed by atoms with Gasteiger partial charge in [0.15, 0.2) is 0 Å². The molecule has 2 heterocycles. The molecule has 0 amide bonds. The van der Waals surface area contributed by atoms with Crippen LogP contribution in [0.5, 0.6) is 5.75 Å². The first kappa shape index (κ1) is 12.2. The average Bonchev–Trinajstić information content (AvgIpc) is 2.85. The molecule has 1 aromatic carbocycles. The third-order valence-electron chi connectivity index (χ3n) is 3.26. The molecule has 0 saturated heterocycles. The van der Waals surface area contributed by atoms with Crippen molar-refractivity contribution in [2.45, 2.75) is 33.0 Å². The number of hydrogen-bond donors (Lipinski definition) is 1. The van der Waals surface area contributed by atoms with Crippen LogP contribution in [0, 0.1) is 0 Å². The summed E-state index contributed by atoms with van der Waals surface area (Å²) in [5, 5.41) is 3.36. The zero-order valence-electron chi connectivity index (χ0n) is 11.3. The fraction of sp³-hybridized carbons (Fsp3) is 0.312. The summed E-state index contributed by atoms with van der Waals surface area (Å²) in [6.45, 7) is 5.98. The standard InChI is InChI=1S/C16H18N2O/c1-11(2)19-16-6-15(9-18-10-16)12-3-4-13-7-17-8-14(13)5-12/h3-6,9-11,17H,7-8H2,1-2H3. The molecule has 0 bridgehead atoms. The highest BCUT2D eigenvalue weighted by Gasteiger charge is 2.11. The molecular formula is C16H18N2O. The van der Waals surface area contributed by atoms with Gasteiger partial charge in [0.2, 0.25) is 0 Å². The van der Waals surface area contributed by atoms with Gasteiger partial charge in [-0.05, 0) is 42.7 Å². The Labute approximate surface area is 113 Å². The van der Waals surface area contributed by atoms with Crippen LogP contribution in [0.3, 0.4) is 0 Å². The summed E-state index contributed by atoms with van der Waals surface area (Å²) in [7, 11) is 0. The number of pyridine rings is 1. The molecule has 0 radical (unpaired) electrons. The second kappa shape index (κ2) is 5.02. The van der Waals surface area contributed by atoms with Gasteiger partial charge >= 0.3 is 0 Å². The van der Waals surface area contributed by atoms with Gasteiger partial charge in [-0.25, -0.2) is 0 Å². The Morgan fingerprint density at radius 2 is 1.89 bits per heavy atom. The van der Waals surface area contributed by atoms with Crippen molar-refractivity contribution in [3.63, 3.8) is 0 Å². The maximum absolute atomic E-state index is 5.69. The summed E-state index contributed by atoms with van der Waals surface area (Å²) in [6.07, 6.45) is 3.82. The third-order valence-corrected chi connectivity index (χ3v) is 3.26. The van der Waals surface area contributed by atoms with E-state index in [0.29, 0.717) is 0 Å². The Kier molecular flexibility index (Phi) is 3.22. The highest BCUT2D eigenvalue weighted by molar-refractivity contribution is 5.65. The number of nitrogens with one attached hydrogen (secondary N) is 1. The zero-order chi connectivity index (χ0) is 13.2. The minimum Gasteiger partial charge on any atom is -0.489 e. The van der Waals surface area contributed by atoms with Crippen molar-refractivity contribution >= 4 is 0 Å². The molecule has 3 nitrogen and oxygen atoms in total. The van der Waals surface area contributed by atoms with E-state index >= 15 is 0 Å². The molecule has 1 aliphatic heterocycles. The Morgan fingerprint density at radius 1 is 1.05 bits per heavy atom. The summed E-state index contributed by atoms with van der Waals surface area (Å²) in [6, 6.07) is 8.64. The van der Waals surface area contributed by atoms with E-state index in [1.807, 2.05) is 20.0 Å². The third kappa shape index (κ3) is 2.61. The first-order chi connectivity index (χ1) is 9.22. The molecule has 3 rings (SSSR count). The number of hydrogen-bond acceptors (Lipinski definition) is 3. The molecule has 1 N–H and O–H groups in total. The molecule has 19 heavy (non-hydrogen) atoms. The van der Waals surface area contributed by atoms with E-state index in [9.17, 15) is 0 Å². The van der Waals surface area contributed by atoms with Crippen LogP contribution < -0.4 is 10.1 Å². The molecule has 0 atom stereocenters. The van der Waals surface area contributed by atoms with Crippen molar-refractivity contribution in [2.75, 3.05) is 0 Å². The normalized spacial score (nSPS) is 13.6. The Morgan fingerprint density at radius 3 is 2.74 bits per heavy atom. The number of benzene rings is 1. The zero-order valence-corrected chi connectivity index (χ0v) is 11.3. The average molecular weight is 254 g/mol. The highest BCUT2D eigenvalue weighted by atomic mass is 16.5. The minimum absolute atomic E-state index is 0.168. The molecule has 2 aromatic rings. The first-order valence-electron chi connectivity index (χ1n) is 6.67. The van der Waals surface area contributed by atoms with Crippen LogP contribution in [-0.2, 0) is 13.1 Å². The Balaban J connectivity index is 1.93. The molecule has 1 aliphatic rings. The van der Waals surface area contributed by atoms with Crippen LogP contribution in [0.15, 0.2) is 36.7 Å². The Bertz CT molecular complexity index is 593. The molecular weight excluding hydrogens is 236 g/mol. The van der Waals surface area contributed by atoms with Gasteiger partial charge in [-0.15, -0.1) is 0 Å². The lowest BCUT2D eigenvalue weighted by molar-refractivity contribution is 0.241. The van der Waals surface area contributed by atoms with Gasteiger partial charge in [-0.1, -0.05) is 12.1 Å². The molecule has 0 aliphatic carbocycles. The summed E-state index contributed by atoms with van der Waals surface area (Å²) in [5.41, 5.74) is 5.08. The quantitative estimate of drug-likeness (QED) is 0.913. The fourth-order valence-electron chi connectivity index (χ4n) is 2.39. The van der Waals surface area contributed by atoms with E-state index in [4.69, 9.17) is 4.74 Å². The monoisotopic (exact) mass is 254 g/mol. The maximum Gasteiger partial charge on any atom is 0.138 e. The smallest absolute Gasteiger partial charge is 0.138 e. The number of fused-ring (bicyclic) bond motifs is 1. The van der Waals surface area contributed by atoms with E-state index in [1.54, 1.807) is 6.20 Å². The molecule has 1 aromatic heterocycles. The van der Waals surface area contributed by atoms with Crippen molar-refractivity contribution in [1.82, 2.24) is 10.3 Å². The number of nitrogens with zero attached hydrogens (tertiary/aromatic N) is 1. The van der Waals surface area contributed by atoms with Gasteiger partial charge < -0.3 is 10.1 Å². The topological polar surface area (TPSA) is 34.1 Å². The van der Waals surface area contributed by atoms with Gasteiger partial charge in [0.05, 0.1) is 12.3 Å². The van der Waals surface area contributed by atoms with E-state index in [-0.39, 0.29) is 6.10 Å². The second-order valence-electron chi connectivity index (χ2n) is 5.16. The van der Waals surface area contributed by atoms with Gasteiger partial charge in [-0.2, -0.15) is 0 Å². The van der Waals surface area contributed by atoms with Gasteiger partial charge in [-0.3, -0.25) is 4.98 Å². The molecule has 0 fully saturated rings. The predicted molar refractivity (Wildman–Crippen MR) is 76.0 cm³/mol. The Hall–Kier alpha value is -1.87. The highest BCUT2D eigenvalue weighted by Crippen LogP contribution is 2.27. The van der Waals surface area contributed by atoms with Gasteiger partial charge in [0, 0.05) is 24.8 Å². The first-order valence-corrected chi connectivity index (χ1v) is 6.67. The van der Waals surface area contributed by atoms with Crippen LogP contribution in [0.2, 0.25) is 0 Å². The lowest BCUT2D eigenvalue weighted by Crippen LogP contribution is -2.05. The summed E-state index contributed by atoms with van der Waals surface area (Å²) >= 11 is 0. The lowest BCUT2D eigenvalue weighted by Gasteiger charge is -2.11. The minimum atomic E-state index is 0.168. The predicted octanol–water partition coefficient (Wildman–Crippen LogP) is 3.14. The van der Waals surface area contributed by atoms with Crippen LogP contribution >= 0.6 is 0 Å². The van der Waals surface area contributed by atoms with Crippen molar-refractivity contribution in [3.05, 3.63) is 47.8 Å². The van der Waals surface area contributed by atoms with Crippen LogP contribution in [0.25, 0.3) is 11.1 Å². The van der Waals surface area contributed by atoms with E-state index < -0.39 is 0 Å². The maximum atomic E-state index is 5.69. The summed E-state index contributed by atoms with van der Waals surface area (Å²) < 4.78 is 5.69. The molecule has 0 spiro atoms.